The van der Waals surface area contributed by atoms with Gasteiger partial charge in [0.05, 0.1) is 0 Å². The van der Waals surface area contributed by atoms with Crippen LogP contribution in [-0.4, -0.2) is 5.75 Å². The van der Waals surface area contributed by atoms with Gasteiger partial charge in [0.1, 0.15) is 0 Å². The fourth-order valence-electron chi connectivity index (χ4n) is 1.32. The van der Waals surface area contributed by atoms with Crippen molar-refractivity contribution in [2.45, 2.75) is 31.6 Å². The lowest BCUT2D eigenvalue weighted by atomic mass is 10.2. The highest BCUT2D eigenvalue weighted by Crippen LogP contribution is 2.23. The van der Waals surface area contributed by atoms with Gasteiger partial charge in [0.2, 0.25) is 0 Å². The SMILES string of the molecule is C#CCCCSc1ccc(C)cc1C. The minimum atomic E-state index is 0.887. The Morgan fingerprint density at radius 2 is 2.14 bits per heavy atom. The number of thioether (sulfide) groups is 1. The Balaban J connectivity index is 2.47. The number of benzene rings is 1. The van der Waals surface area contributed by atoms with Gasteiger partial charge >= 0.3 is 0 Å². The van der Waals surface area contributed by atoms with E-state index in [2.05, 4.69) is 38.0 Å². The molecule has 0 aliphatic rings. The van der Waals surface area contributed by atoms with Crippen molar-refractivity contribution in [3.8, 4) is 12.3 Å². The quantitative estimate of drug-likeness (QED) is 0.408. The van der Waals surface area contributed by atoms with E-state index in [1.54, 1.807) is 0 Å². The summed E-state index contributed by atoms with van der Waals surface area (Å²) >= 11 is 1.90. The maximum Gasteiger partial charge on any atom is 0.0101 e. The maximum atomic E-state index is 5.20. The van der Waals surface area contributed by atoms with Gasteiger partial charge in [-0.1, -0.05) is 17.7 Å². The third-order valence-electron chi connectivity index (χ3n) is 2.05. The summed E-state index contributed by atoms with van der Waals surface area (Å²) in [6.07, 6.45) is 7.19. The Morgan fingerprint density at radius 3 is 2.79 bits per heavy atom. The van der Waals surface area contributed by atoms with Crippen molar-refractivity contribution in [1.29, 1.82) is 0 Å². The van der Waals surface area contributed by atoms with E-state index in [0.29, 0.717) is 0 Å². The van der Waals surface area contributed by atoms with Crippen LogP contribution in [0.4, 0.5) is 0 Å². The zero-order chi connectivity index (χ0) is 10.4. The molecule has 0 aromatic heterocycles. The first-order valence-electron chi connectivity index (χ1n) is 4.87. The second-order valence-corrected chi connectivity index (χ2v) is 4.56. The topological polar surface area (TPSA) is 0 Å². The highest BCUT2D eigenvalue weighted by molar-refractivity contribution is 7.99. The van der Waals surface area contributed by atoms with Crippen LogP contribution in [0.2, 0.25) is 0 Å². The van der Waals surface area contributed by atoms with Crippen LogP contribution >= 0.6 is 11.8 Å². The molecule has 0 saturated heterocycles. The van der Waals surface area contributed by atoms with E-state index in [1.165, 1.54) is 16.0 Å². The van der Waals surface area contributed by atoms with Gasteiger partial charge in [0, 0.05) is 11.3 Å². The predicted octanol–water partition coefficient (Wildman–Crippen LogP) is 3.81. The van der Waals surface area contributed by atoms with Gasteiger partial charge in [-0.3, -0.25) is 0 Å². The molecule has 0 heterocycles. The molecule has 0 spiro atoms. The molecule has 1 heteroatoms. The number of unbranched alkanes of at least 4 members (excludes halogenated alkanes) is 1. The average molecular weight is 204 g/mol. The van der Waals surface area contributed by atoms with Crippen LogP contribution in [0.3, 0.4) is 0 Å². The van der Waals surface area contributed by atoms with Crippen molar-refractivity contribution >= 4 is 11.8 Å². The van der Waals surface area contributed by atoms with Crippen LogP contribution < -0.4 is 0 Å². The number of rotatable bonds is 4. The van der Waals surface area contributed by atoms with Crippen molar-refractivity contribution in [3.63, 3.8) is 0 Å². The Bertz CT molecular complexity index is 334. The molecule has 0 radical (unpaired) electrons. The average Bonchev–Trinajstić information content (AvgIpc) is 2.15. The lowest BCUT2D eigenvalue weighted by molar-refractivity contribution is 0.996. The van der Waals surface area contributed by atoms with Gasteiger partial charge < -0.3 is 0 Å². The van der Waals surface area contributed by atoms with Crippen molar-refractivity contribution in [1.82, 2.24) is 0 Å². The van der Waals surface area contributed by atoms with Crippen LogP contribution in [0.25, 0.3) is 0 Å². The van der Waals surface area contributed by atoms with Gasteiger partial charge in [-0.2, -0.15) is 0 Å². The van der Waals surface area contributed by atoms with Gasteiger partial charge in [0.25, 0.3) is 0 Å². The summed E-state index contributed by atoms with van der Waals surface area (Å²) in [5.74, 6) is 3.78. The molecule has 14 heavy (non-hydrogen) atoms. The van der Waals surface area contributed by atoms with Gasteiger partial charge in [-0.15, -0.1) is 24.1 Å². The number of hydrogen-bond acceptors (Lipinski definition) is 1. The molecule has 74 valence electrons. The van der Waals surface area contributed by atoms with E-state index in [0.717, 1.165) is 18.6 Å². The molecule has 1 aromatic rings. The molecule has 0 aliphatic heterocycles. The van der Waals surface area contributed by atoms with E-state index >= 15 is 0 Å². The Morgan fingerprint density at radius 1 is 1.36 bits per heavy atom. The fourth-order valence-corrected chi connectivity index (χ4v) is 2.28. The first-order valence-corrected chi connectivity index (χ1v) is 5.86. The Labute approximate surface area is 91.1 Å². The van der Waals surface area contributed by atoms with Crippen molar-refractivity contribution in [2.24, 2.45) is 0 Å². The zero-order valence-electron chi connectivity index (χ0n) is 8.84. The molecule has 0 amide bonds. The normalized spacial score (nSPS) is 9.79. The summed E-state index contributed by atoms with van der Waals surface area (Å²) in [7, 11) is 0. The van der Waals surface area contributed by atoms with Crippen LogP contribution in [0, 0.1) is 26.2 Å². The standard InChI is InChI=1S/C13H16S/c1-4-5-6-9-14-13-8-7-11(2)10-12(13)3/h1,7-8,10H,5-6,9H2,2-3H3. The Hall–Kier alpha value is -0.870. The van der Waals surface area contributed by atoms with Crippen LogP contribution in [0.5, 0.6) is 0 Å². The third-order valence-corrected chi connectivity index (χ3v) is 3.32. The molecule has 1 rings (SSSR count). The third kappa shape index (κ3) is 3.47. The smallest absolute Gasteiger partial charge is 0.0101 e. The van der Waals surface area contributed by atoms with E-state index in [1.807, 2.05) is 11.8 Å². The van der Waals surface area contributed by atoms with E-state index in [-0.39, 0.29) is 0 Å². The predicted molar refractivity (Wildman–Crippen MR) is 64.7 cm³/mol. The zero-order valence-corrected chi connectivity index (χ0v) is 9.66. The highest BCUT2D eigenvalue weighted by atomic mass is 32.2. The largest absolute Gasteiger partial charge is 0.126 e. The highest BCUT2D eigenvalue weighted by Gasteiger charge is 1.98. The second kappa shape index (κ2) is 5.78. The molecule has 0 nitrogen and oxygen atoms in total. The molecule has 1 aromatic carbocycles. The number of aryl methyl sites for hydroxylation is 2. The summed E-state index contributed by atoms with van der Waals surface area (Å²) in [6.45, 7) is 4.29. The molecule has 0 fully saturated rings. The van der Waals surface area contributed by atoms with Crippen LogP contribution in [0.1, 0.15) is 24.0 Å². The summed E-state index contributed by atoms with van der Waals surface area (Å²) in [6, 6.07) is 6.59. The summed E-state index contributed by atoms with van der Waals surface area (Å²) in [4.78, 5) is 1.38. The van der Waals surface area contributed by atoms with Crippen molar-refractivity contribution in [3.05, 3.63) is 29.3 Å². The monoisotopic (exact) mass is 204 g/mol. The van der Waals surface area contributed by atoms with Gasteiger partial charge in [0.15, 0.2) is 0 Å². The van der Waals surface area contributed by atoms with E-state index in [9.17, 15) is 0 Å². The first-order chi connectivity index (χ1) is 6.74. The molecule has 0 unspecified atom stereocenters. The lowest BCUT2D eigenvalue weighted by Crippen LogP contribution is -1.84. The number of hydrogen-bond donors (Lipinski definition) is 0. The molecular weight excluding hydrogens is 188 g/mol. The Kier molecular flexibility index (Phi) is 4.62. The molecule has 0 bridgehead atoms. The maximum absolute atomic E-state index is 5.20. The molecule has 0 saturated carbocycles. The minimum Gasteiger partial charge on any atom is -0.126 e. The summed E-state index contributed by atoms with van der Waals surface area (Å²) in [5.41, 5.74) is 2.70. The first kappa shape index (κ1) is 11.2. The second-order valence-electron chi connectivity index (χ2n) is 3.43. The lowest BCUT2D eigenvalue weighted by Gasteiger charge is -2.05. The van der Waals surface area contributed by atoms with Gasteiger partial charge in [-0.05, 0) is 37.7 Å². The summed E-state index contributed by atoms with van der Waals surface area (Å²) in [5, 5.41) is 0. The van der Waals surface area contributed by atoms with E-state index in [4.69, 9.17) is 6.42 Å². The minimum absolute atomic E-state index is 0.887. The van der Waals surface area contributed by atoms with Crippen molar-refractivity contribution < 1.29 is 0 Å². The molecule has 0 atom stereocenters. The molecule has 0 N–H and O–H groups in total. The van der Waals surface area contributed by atoms with Crippen molar-refractivity contribution in [2.75, 3.05) is 5.75 Å². The molecule has 0 aliphatic carbocycles. The number of terminal acetylenes is 1. The van der Waals surface area contributed by atoms with Crippen LogP contribution in [0.15, 0.2) is 23.1 Å². The fraction of sp³-hybridized carbons (Fsp3) is 0.385. The molecular formula is C13H16S. The van der Waals surface area contributed by atoms with Crippen LogP contribution in [-0.2, 0) is 0 Å². The van der Waals surface area contributed by atoms with E-state index < -0.39 is 0 Å². The summed E-state index contributed by atoms with van der Waals surface area (Å²) < 4.78 is 0. The van der Waals surface area contributed by atoms with Gasteiger partial charge in [-0.25, -0.2) is 0 Å².